The van der Waals surface area contributed by atoms with E-state index in [-0.39, 0.29) is 86.4 Å². The molecular formula is C24H26BaO14S2. The van der Waals surface area contributed by atoms with E-state index in [0.29, 0.717) is 0 Å². The van der Waals surface area contributed by atoms with Gasteiger partial charge in [0.25, 0.3) is 0 Å². The minimum absolute atomic E-state index is 0. The minimum Gasteiger partial charge on any atom is -0.744 e. The number of carbonyl (C=O) groups is 4. The summed E-state index contributed by atoms with van der Waals surface area (Å²) in [6.45, 7) is 6.47. The van der Waals surface area contributed by atoms with E-state index < -0.39 is 65.0 Å². The van der Waals surface area contributed by atoms with Crippen molar-refractivity contribution < 1.29 is 64.1 Å². The third kappa shape index (κ3) is 11.8. The number of benzene rings is 2. The molecule has 0 bridgehead atoms. The van der Waals surface area contributed by atoms with E-state index in [0.717, 1.165) is 24.3 Å². The van der Waals surface area contributed by atoms with Crippen LogP contribution in [0.4, 0.5) is 0 Å². The van der Waals surface area contributed by atoms with E-state index in [4.69, 9.17) is 9.47 Å². The second-order valence-corrected chi connectivity index (χ2v) is 9.91. The smallest absolute Gasteiger partial charge is 0.744 e. The van der Waals surface area contributed by atoms with Gasteiger partial charge in [-0.2, -0.15) is 0 Å². The Morgan fingerprint density at radius 2 is 0.829 bits per heavy atom. The molecule has 0 N–H and O–H groups in total. The first-order valence-corrected chi connectivity index (χ1v) is 14.3. The Morgan fingerprint density at radius 1 is 0.561 bits per heavy atom. The van der Waals surface area contributed by atoms with Crippen LogP contribution >= 0.6 is 0 Å². The summed E-state index contributed by atoms with van der Waals surface area (Å²) in [4.78, 5) is 44.5. The molecule has 0 aliphatic carbocycles. The molecule has 0 radical (unpaired) electrons. The standard InChI is InChI=1S/2C12H14O7S.Ba/c2*1-3-18-11(13)8-5-6-9(12(14)19-4-2)10(7-8)20(15,16)17;/h2*5-7H,3-4H2,1-2H3,(H,15,16,17);/q;;+2/p-2. The van der Waals surface area contributed by atoms with E-state index in [2.05, 4.69) is 9.47 Å². The summed E-state index contributed by atoms with van der Waals surface area (Å²) in [6, 6.07) is 6.11. The number of hydrogen-bond acceptors (Lipinski definition) is 14. The average molecular weight is 740 g/mol. The van der Waals surface area contributed by atoms with Gasteiger partial charge in [0, 0.05) is 0 Å². The van der Waals surface area contributed by atoms with Crippen molar-refractivity contribution in [2.75, 3.05) is 26.4 Å². The van der Waals surface area contributed by atoms with Crippen LogP contribution in [0.2, 0.25) is 0 Å². The van der Waals surface area contributed by atoms with Gasteiger partial charge in [-0.05, 0) is 64.1 Å². The fraction of sp³-hybridized carbons (Fsp3) is 0.333. The van der Waals surface area contributed by atoms with Gasteiger partial charge in [-0.3, -0.25) is 0 Å². The van der Waals surface area contributed by atoms with Crippen LogP contribution < -0.4 is 0 Å². The normalized spacial score (nSPS) is 10.7. The largest absolute Gasteiger partial charge is 2.00 e. The molecule has 0 fully saturated rings. The van der Waals surface area contributed by atoms with Crippen LogP contribution in [0, 0.1) is 0 Å². The summed E-state index contributed by atoms with van der Waals surface area (Å²) in [7, 11) is -9.85. The molecule has 0 aliphatic heterocycles. The molecule has 14 nitrogen and oxygen atoms in total. The van der Waals surface area contributed by atoms with Crippen LogP contribution in [0.1, 0.15) is 69.1 Å². The maximum atomic E-state index is 11.6. The van der Waals surface area contributed by atoms with Gasteiger partial charge in [0.1, 0.15) is 20.2 Å². The molecule has 2 aromatic rings. The number of rotatable bonds is 10. The molecule has 220 valence electrons. The fourth-order valence-corrected chi connectivity index (χ4v) is 4.28. The van der Waals surface area contributed by atoms with Gasteiger partial charge in [-0.25, -0.2) is 36.0 Å². The van der Waals surface area contributed by atoms with Crippen LogP contribution in [-0.4, -0.2) is 125 Å². The summed E-state index contributed by atoms with van der Waals surface area (Å²) in [5.41, 5.74) is -1.08. The Hall–Kier alpha value is -2.29. The molecule has 0 aliphatic rings. The first kappa shape index (κ1) is 38.7. The second-order valence-electron chi connectivity index (χ2n) is 7.21. The predicted octanol–water partition coefficient (Wildman–Crippen LogP) is 1.51. The molecule has 17 heteroatoms. The Bertz CT molecular complexity index is 1360. The third-order valence-electron chi connectivity index (χ3n) is 4.51. The predicted molar refractivity (Wildman–Crippen MR) is 138 cm³/mol. The van der Waals surface area contributed by atoms with Gasteiger partial charge >= 0.3 is 72.8 Å². The van der Waals surface area contributed by atoms with E-state index in [1.807, 2.05) is 0 Å². The van der Waals surface area contributed by atoms with Crippen molar-refractivity contribution in [3.63, 3.8) is 0 Å². The van der Waals surface area contributed by atoms with Crippen LogP contribution in [0.25, 0.3) is 0 Å². The van der Waals surface area contributed by atoms with Gasteiger partial charge in [0.05, 0.1) is 58.5 Å². The average Bonchev–Trinajstić information content (AvgIpc) is 2.88. The fourth-order valence-electron chi connectivity index (χ4n) is 2.90. The van der Waals surface area contributed by atoms with Crippen LogP contribution in [0.15, 0.2) is 46.2 Å². The number of esters is 4. The molecule has 0 atom stereocenters. The Kier molecular flexibility index (Phi) is 16.6. The summed E-state index contributed by atoms with van der Waals surface area (Å²) >= 11 is 0. The van der Waals surface area contributed by atoms with Crippen LogP contribution in [0.3, 0.4) is 0 Å². The van der Waals surface area contributed by atoms with E-state index in [1.54, 1.807) is 13.8 Å². The first-order valence-electron chi connectivity index (χ1n) is 11.5. The maximum absolute atomic E-state index is 11.6. The van der Waals surface area contributed by atoms with E-state index in [9.17, 15) is 45.1 Å². The molecule has 0 heterocycles. The molecule has 0 spiro atoms. The zero-order valence-corrected chi connectivity index (χ0v) is 28.6. The minimum atomic E-state index is -4.93. The van der Waals surface area contributed by atoms with Gasteiger partial charge in [0.15, 0.2) is 0 Å². The summed E-state index contributed by atoms with van der Waals surface area (Å²) < 4.78 is 85.8. The van der Waals surface area contributed by atoms with Gasteiger partial charge < -0.3 is 28.1 Å². The Balaban J connectivity index is 0.000000762. The second kappa shape index (κ2) is 17.6. The molecule has 0 amide bonds. The monoisotopic (exact) mass is 740 g/mol. The molecule has 2 aromatic carbocycles. The van der Waals surface area contributed by atoms with E-state index in [1.165, 1.54) is 26.0 Å². The Morgan fingerprint density at radius 3 is 1.07 bits per heavy atom. The van der Waals surface area contributed by atoms with Crippen molar-refractivity contribution in [2.45, 2.75) is 37.5 Å². The van der Waals surface area contributed by atoms with Crippen molar-refractivity contribution in [3.8, 4) is 0 Å². The number of carbonyl (C=O) groups excluding carboxylic acids is 4. The van der Waals surface area contributed by atoms with Crippen molar-refractivity contribution in [2.24, 2.45) is 0 Å². The molecule has 2 rings (SSSR count). The number of ether oxygens (including phenoxy) is 4. The summed E-state index contributed by atoms with van der Waals surface area (Å²) in [5.74, 6) is -3.46. The number of hydrogen-bond donors (Lipinski definition) is 0. The quantitative estimate of drug-likeness (QED) is 0.146. The van der Waals surface area contributed by atoms with Crippen molar-refractivity contribution in [1.82, 2.24) is 0 Å². The molecule has 0 unspecified atom stereocenters. The molecule has 0 saturated heterocycles. The van der Waals surface area contributed by atoms with E-state index >= 15 is 0 Å². The van der Waals surface area contributed by atoms with Crippen LogP contribution in [0.5, 0.6) is 0 Å². The molecular weight excluding hydrogens is 714 g/mol. The SMILES string of the molecule is CCOC(=O)c1ccc(C(=O)OCC)c(S(=O)(=O)[O-])c1.CCOC(=O)c1ccc(C(=O)OCC)c(S(=O)(=O)[O-])c1.[Ba+2]. The maximum Gasteiger partial charge on any atom is 2.00 e. The van der Waals surface area contributed by atoms with Gasteiger partial charge in [0.2, 0.25) is 0 Å². The molecule has 41 heavy (non-hydrogen) atoms. The summed E-state index contributed by atoms with van der Waals surface area (Å²) in [5, 5.41) is 0. The van der Waals surface area contributed by atoms with Crippen molar-refractivity contribution in [1.29, 1.82) is 0 Å². The van der Waals surface area contributed by atoms with Crippen molar-refractivity contribution in [3.05, 3.63) is 58.7 Å². The molecule has 0 aromatic heterocycles. The van der Waals surface area contributed by atoms with Gasteiger partial charge in [-0.1, -0.05) is 0 Å². The summed E-state index contributed by atoms with van der Waals surface area (Å²) in [6.07, 6.45) is 0. The first-order chi connectivity index (χ1) is 18.6. The van der Waals surface area contributed by atoms with Gasteiger partial charge in [-0.15, -0.1) is 0 Å². The zero-order valence-electron chi connectivity index (χ0n) is 22.5. The zero-order chi connectivity index (χ0) is 30.7. The van der Waals surface area contributed by atoms with Crippen molar-refractivity contribution >= 4 is 93.0 Å². The Labute approximate surface area is 277 Å². The molecule has 0 saturated carbocycles. The third-order valence-corrected chi connectivity index (χ3v) is 6.27. The van der Waals surface area contributed by atoms with Crippen LogP contribution in [-0.2, 0) is 39.2 Å². The topological polar surface area (TPSA) is 220 Å².